The largest absolute Gasteiger partial charge is 0.321 e. The highest BCUT2D eigenvalue weighted by molar-refractivity contribution is 6.12. The van der Waals surface area contributed by atoms with Gasteiger partial charge in [-0.3, -0.25) is 4.57 Å². The zero-order chi connectivity index (χ0) is 35.8. The Morgan fingerprint density at radius 2 is 0.963 bits per heavy atom. The van der Waals surface area contributed by atoms with Crippen molar-refractivity contribution in [2.45, 2.75) is 0 Å². The van der Waals surface area contributed by atoms with E-state index in [4.69, 9.17) is 9.97 Å². The highest BCUT2D eigenvalue weighted by Crippen LogP contribution is 2.45. The van der Waals surface area contributed by atoms with Gasteiger partial charge in [-0.2, -0.15) is 0 Å². The molecular weight excluding hydrogens is 659 g/mol. The lowest BCUT2D eigenvalue weighted by molar-refractivity contribution is 0.967. The van der Waals surface area contributed by atoms with Crippen LogP contribution in [0.1, 0.15) is 22.3 Å². The third kappa shape index (κ3) is 5.42. The standard InChI is InChI=1S/C49H35N5/c1-4-16-35(17-5-1)48(36-18-6-2-7-19-36)49(37-27-28-41-40-22-10-11-23-42(40)54(45(41)32-37)46-26-14-15-30-50-46)38-29-31-51-47(33-38)53-34-52(39-20-8-3-9-21-39)43-24-12-13-25-44(43)53/h1-33H,34H2. The summed E-state index contributed by atoms with van der Waals surface area (Å²) in [5, 5.41) is 2.38. The molecule has 0 aliphatic carbocycles. The highest BCUT2D eigenvalue weighted by atomic mass is 15.4. The Morgan fingerprint density at radius 1 is 0.389 bits per heavy atom. The van der Waals surface area contributed by atoms with Crippen LogP contribution in [-0.4, -0.2) is 21.2 Å². The Labute approximate surface area is 314 Å². The van der Waals surface area contributed by atoms with Crippen LogP contribution in [0.4, 0.5) is 22.9 Å². The molecule has 1 aliphatic rings. The normalized spacial score (nSPS) is 12.3. The number of pyridine rings is 2. The van der Waals surface area contributed by atoms with E-state index in [-0.39, 0.29) is 0 Å². The van der Waals surface area contributed by atoms with Gasteiger partial charge in [0.05, 0.1) is 22.4 Å². The average Bonchev–Trinajstić information content (AvgIpc) is 3.80. The van der Waals surface area contributed by atoms with Crippen LogP contribution in [0.5, 0.6) is 0 Å². The van der Waals surface area contributed by atoms with Crippen molar-refractivity contribution in [1.29, 1.82) is 0 Å². The molecule has 0 amide bonds. The Bertz CT molecular complexity index is 2750. The molecule has 5 nitrogen and oxygen atoms in total. The number of anilines is 4. The van der Waals surface area contributed by atoms with Gasteiger partial charge in [0.15, 0.2) is 0 Å². The van der Waals surface area contributed by atoms with E-state index >= 15 is 0 Å². The third-order valence-corrected chi connectivity index (χ3v) is 10.3. The summed E-state index contributed by atoms with van der Waals surface area (Å²) in [5.74, 6) is 1.78. The molecule has 0 radical (unpaired) electrons. The summed E-state index contributed by atoms with van der Waals surface area (Å²) in [6, 6.07) is 66.6. The van der Waals surface area contributed by atoms with Crippen molar-refractivity contribution in [1.82, 2.24) is 14.5 Å². The summed E-state index contributed by atoms with van der Waals surface area (Å²) in [4.78, 5) is 14.5. The van der Waals surface area contributed by atoms with Crippen LogP contribution in [-0.2, 0) is 0 Å². The number of para-hydroxylation sites is 4. The summed E-state index contributed by atoms with van der Waals surface area (Å²) in [6.45, 7) is 0.652. The van der Waals surface area contributed by atoms with Crippen molar-refractivity contribution in [3.05, 3.63) is 223 Å². The van der Waals surface area contributed by atoms with Crippen molar-refractivity contribution < 1.29 is 0 Å². The second-order valence-corrected chi connectivity index (χ2v) is 13.5. The number of fused-ring (bicyclic) bond motifs is 4. The Balaban J connectivity index is 1.22. The molecule has 0 bridgehead atoms. The Kier molecular flexibility index (Phi) is 7.81. The summed E-state index contributed by atoms with van der Waals surface area (Å²) < 4.78 is 2.29. The van der Waals surface area contributed by atoms with E-state index in [9.17, 15) is 0 Å². The predicted octanol–water partition coefficient (Wildman–Crippen LogP) is 11.8. The SMILES string of the molecule is c1ccc(C(=C(c2ccnc(N3CN(c4ccccc4)c4ccccc43)c2)c2ccc3c4ccccc4n(-c4ccccn4)c3c2)c2ccccc2)cc1. The summed E-state index contributed by atoms with van der Waals surface area (Å²) in [7, 11) is 0. The second kappa shape index (κ2) is 13.4. The summed E-state index contributed by atoms with van der Waals surface area (Å²) >= 11 is 0. The smallest absolute Gasteiger partial charge is 0.137 e. The molecule has 0 saturated heterocycles. The molecule has 0 spiro atoms. The van der Waals surface area contributed by atoms with Crippen LogP contribution in [0, 0.1) is 0 Å². The quantitative estimate of drug-likeness (QED) is 0.156. The fourth-order valence-electron chi connectivity index (χ4n) is 7.94. The second-order valence-electron chi connectivity index (χ2n) is 13.5. The van der Waals surface area contributed by atoms with Gasteiger partial charge < -0.3 is 9.80 Å². The molecule has 54 heavy (non-hydrogen) atoms. The van der Waals surface area contributed by atoms with Crippen LogP contribution < -0.4 is 9.80 Å². The molecule has 3 aromatic heterocycles. The Morgan fingerprint density at radius 3 is 1.69 bits per heavy atom. The van der Waals surface area contributed by atoms with Gasteiger partial charge in [0, 0.05) is 28.9 Å². The monoisotopic (exact) mass is 693 g/mol. The van der Waals surface area contributed by atoms with Gasteiger partial charge in [0.1, 0.15) is 18.3 Å². The van der Waals surface area contributed by atoms with Crippen molar-refractivity contribution >= 4 is 55.8 Å². The maximum atomic E-state index is 5.03. The summed E-state index contributed by atoms with van der Waals surface area (Å²) in [6.07, 6.45) is 3.82. The average molecular weight is 694 g/mol. The first-order chi connectivity index (χ1) is 26.8. The number of hydrogen-bond acceptors (Lipinski definition) is 4. The van der Waals surface area contributed by atoms with Crippen LogP contribution in [0.3, 0.4) is 0 Å². The lowest BCUT2D eigenvalue weighted by atomic mass is 9.85. The molecule has 0 unspecified atom stereocenters. The molecule has 256 valence electrons. The first-order valence-corrected chi connectivity index (χ1v) is 18.3. The topological polar surface area (TPSA) is 37.2 Å². The van der Waals surface area contributed by atoms with Crippen LogP contribution >= 0.6 is 0 Å². The number of rotatable bonds is 7. The molecule has 4 heterocycles. The minimum Gasteiger partial charge on any atom is -0.321 e. The van der Waals surface area contributed by atoms with Crippen molar-refractivity contribution in [2.24, 2.45) is 0 Å². The lowest BCUT2D eigenvalue weighted by Crippen LogP contribution is -2.24. The minimum atomic E-state index is 0.652. The van der Waals surface area contributed by atoms with Crippen molar-refractivity contribution in [2.75, 3.05) is 16.5 Å². The molecule has 9 aromatic rings. The van der Waals surface area contributed by atoms with E-state index in [2.05, 4.69) is 196 Å². The third-order valence-electron chi connectivity index (χ3n) is 10.3. The van der Waals surface area contributed by atoms with Gasteiger partial charge in [-0.1, -0.05) is 127 Å². The fraction of sp³-hybridized carbons (Fsp3) is 0.0204. The molecule has 5 heteroatoms. The number of hydrogen-bond donors (Lipinski definition) is 0. The molecule has 0 N–H and O–H groups in total. The van der Waals surface area contributed by atoms with Gasteiger partial charge in [0.25, 0.3) is 0 Å². The highest BCUT2D eigenvalue weighted by Gasteiger charge is 2.29. The van der Waals surface area contributed by atoms with Crippen molar-refractivity contribution in [3.8, 4) is 5.82 Å². The first-order valence-electron chi connectivity index (χ1n) is 18.3. The summed E-state index contributed by atoms with van der Waals surface area (Å²) in [5.41, 5.74) is 12.4. The van der Waals surface area contributed by atoms with E-state index in [1.807, 2.05) is 18.5 Å². The minimum absolute atomic E-state index is 0.652. The van der Waals surface area contributed by atoms with Crippen molar-refractivity contribution in [3.63, 3.8) is 0 Å². The van der Waals surface area contributed by atoms with Crippen LogP contribution in [0.2, 0.25) is 0 Å². The van der Waals surface area contributed by atoms with E-state index < -0.39 is 0 Å². The van der Waals surface area contributed by atoms with Gasteiger partial charge in [-0.25, -0.2) is 9.97 Å². The van der Waals surface area contributed by atoms with E-state index in [0.717, 1.165) is 73.1 Å². The predicted molar refractivity (Wildman–Crippen MR) is 223 cm³/mol. The first kappa shape index (κ1) is 31.5. The van der Waals surface area contributed by atoms with Gasteiger partial charge in [0.2, 0.25) is 0 Å². The van der Waals surface area contributed by atoms with Gasteiger partial charge >= 0.3 is 0 Å². The Hall–Kier alpha value is -7.24. The lowest BCUT2D eigenvalue weighted by Gasteiger charge is -2.23. The maximum absolute atomic E-state index is 5.03. The fourth-order valence-corrected chi connectivity index (χ4v) is 7.94. The molecular formula is C49H35N5. The van der Waals surface area contributed by atoms with E-state index in [1.165, 1.54) is 10.8 Å². The molecule has 6 aromatic carbocycles. The molecule has 10 rings (SSSR count). The molecule has 0 saturated carbocycles. The number of nitrogens with zero attached hydrogens (tertiary/aromatic N) is 5. The van der Waals surface area contributed by atoms with Crippen LogP contribution in [0.25, 0.3) is 38.8 Å². The molecule has 0 fully saturated rings. The van der Waals surface area contributed by atoms with Crippen LogP contribution in [0.15, 0.2) is 200 Å². The zero-order valence-electron chi connectivity index (χ0n) is 29.5. The van der Waals surface area contributed by atoms with E-state index in [0.29, 0.717) is 6.67 Å². The molecule has 1 aliphatic heterocycles. The maximum Gasteiger partial charge on any atom is 0.137 e. The number of aromatic nitrogens is 3. The zero-order valence-corrected chi connectivity index (χ0v) is 29.5. The number of benzene rings is 6. The molecule has 0 atom stereocenters. The van der Waals surface area contributed by atoms with Gasteiger partial charge in [-0.15, -0.1) is 0 Å². The van der Waals surface area contributed by atoms with E-state index in [1.54, 1.807) is 0 Å². The van der Waals surface area contributed by atoms with Gasteiger partial charge in [-0.05, 0) is 94.1 Å².